The number of hydrogen-bond donors (Lipinski definition) is 4. The molecular formula is C29H54N2O9. The number of hydrogen-bond acceptors (Lipinski definition) is 11. The van der Waals surface area contributed by atoms with Gasteiger partial charge in [0.15, 0.2) is 12.6 Å². The fraction of sp³-hybridized carbons (Fsp3) is 0.966. The second-order valence-corrected chi connectivity index (χ2v) is 13.3. The molecule has 0 aromatic rings. The average Bonchev–Trinajstić information content (AvgIpc) is 3.65. The molecule has 4 N–H and O–H groups in total. The summed E-state index contributed by atoms with van der Waals surface area (Å²) in [6.45, 7) is 12.6. The fourth-order valence-electron chi connectivity index (χ4n) is 6.70. The Bertz CT molecular complexity index is 855. The maximum absolute atomic E-state index is 13.6. The van der Waals surface area contributed by atoms with Gasteiger partial charge in [0.25, 0.3) is 0 Å². The van der Waals surface area contributed by atoms with Crippen molar-refractivity contribution in [2.45, 2.75) is 134 Å². The predicted octanol–water partition coefficient (Wildman–Crippen LogP) is 0.951. The van der Waals surface area contributed by atoms with Crippen LogP contribution in [0.15, 0.2) is 0 Å². The number of epoxide rings is 1. The van der Waals surface area contributed by atoms with Crippen LogP contribution < -0.4 is 0 Å². The molecule has 0 saturated carbocycles. The van der Waals surface area contributed by atoms with E-state index in [-0.39, 0.29) is 37.2 Å². The van der Waals surface area contributed by atoms with Crippen LogP contribution >= 0.6 is 0 Å². The Hall–Kier alpha value is -0.890. The van der Waals surface area contributed by atoms with Gasteiger partial charge in [0, 0.05) is 31.0 Å². The smallest absolute Gasteiger partial charge is 0.311 e. The Morgan fingerprint density at radius 1 is 1.07 bits per heavy atom. The number of likely N-dealkylation sites (N-methyl/N-ethyl adjacent to an activating group) is 2. The molecule has 3 rings (SSSR count). The Morgan fingerprint density at radius 3 is 2.27 bits per heavy atom. The van der Waals surface area contributed by atoms with Gasteiger partial charge in [0.1, 0.15) is 23.9 Å². The summed E-state index contributed by atoms with van der Waals surface area (Å²) in [5.74, 6) is -2.26. The zero-order chi connectivity index (χ0) is 30.3. The van der Waals surface area contributed by atoms with Crippen molar-refractivity contribution in [3.63, 3.8) is 0 Å². The molecule has 0 radical (unpaired) electrons. The molecule has 0 spiro atoms. The topological polar surface area (TPSA) is 145 Å². The number of nitrogens with zero attached hydrogens (tertiary/aromatic N) is 2. The van der Waals surface area contributed by atoms with Crippen LogP contribution in [-0.2, 0) is 23.7 Å². The van der Waals surface area contributed by atoms with Gasteiger partial charge in [-0.05, 0) is 67.6 Å². The normalized spacial score (nSPS) is 50.0. The summed E-state index contributed by atoms with van der Waals surface area (Å²) >= 11 is 0. The summed E-state index contributed by atoms with van der Waals surface area (Å²) in [6, 6.07) is -0.406. The molecule has 3 aliphatic rings. The molecule has 3 heterocycles. The van der Waals surface area contributed by atoms with E-state index in [1.807, 2.05) is 33.0 Å². The van der Waals surface area contributed by atoms with E-state index in [4.69, 9.17) is 18.9 Å². The predicted molar refractivity (Wildman–Crippen MR) is 148 cm³/mol. The Morgan fingerprint density at radius 2 is 1.70 bits per heavy atom. The van der Waals surface area contributed by atoms with Crippen LogP contribution in [0.2, 0.25) is 0 Å². The van der Waals surface area contributed by atoms with Crippen molar-refractivity contribution in [3.05, 3.63) is 0 Å². The minimum absolute atomic E-state index is 0.0325. The highest BCUT2D eigenvalue weighted by Crippen LogP contribution is 2.40. The SMILES string of the molecule is CC[C@H]1OC(=O)[C@H](C)[C@@H](O[C@H]2CC(N(C)C)[C@@H]3OC3O2)[C@H](C)[C@@H](O)[C@](C)(O)C[C@@H](C)CN(C)[C@H](C)[C@@H](O)[C@]1(C)O. The van der Waals surface area contributed by atoms with Crippen molar-refractivity contribution in [1.82, 2.24) is 9.80 Å². The molecule has 0 amide bonds. The lowest BCUT2D eigenvalue weighted by Crippen LogP contribution is -2.59. The maximum atomic E-state index is 13.6. The second-order valence-electron chi connectivity index (χ2n) is 13.3. The molecular weight excluding hydrogens is 520 g/mol. The lowest BCUT2D eigenvalue weighted by molar-refractivity contribution is -0.241. The van der Waals surface area contributed by atoms with Crippen molar-refractivity contribution in [2.75, 3.05) is 27.7 Å². The van der Waals surface area contributed by atoms with Crippen LogP contribution in [0.1, 0.15) is 67.7 Å². The molecule has 3 fully saturated rings. The zero-order valence-electron chi connectivity index (χ0n) is 26.0. The molecule has 0 aromatic heterocycles. The third-order valence-electron chi connectivity index (χ3n) is 9.47. The summed E-state index contributed by atoms with van der Waals surface area (Å²) < 4.78 is 23.9. The summed E-state index contributed by atoms with van der Waals surface area (Å²) in [5.41, 5.74) is -3.22. The van der Waals surface area contributed by atoms with E-state index in [9.17, 15) is 25.2 Å². The van der Waals surface area contributed by atoms with Gasteiger partial charge in [-0.2, -0.15) is 0 Å². The molecule has 0 aliphatic carbocycles. The van der Waals surface area contributed by atoms with Gasteiger partial charge < -0.3 is 49.2 Å². The summed E-state index contributed by atoms with van der Waals surface area (Å²) in [4.78, 5) is 17.6. The number of aliphatic hydroxyl groups excluding tert-OH is 2. The van der Waals surface area contributed by atoms with Gasteiger partial charge >= 0.3 is 5.97 Å². The number of esters is 1. The zero-order valence-corrected chi connectivity index (χ0v) is 26.0. The number of carbonyl (C=O) groups is 1. The third kappa shape index (κ3) is 7.18. The van der Waals surface area contributed by atoms with E-state index in [0.717, 1.165) is 0 Å². The van der Waals surface area contributed by atoms with Gasteiger partial charge in [-0.3, -0.25) is 4.79 Å². The number of rotatable bonds is 4. The highest BCUT2D eigenvalue weighted by molar-refractivity contribution is 5.73. The first-order chi connectivity index (χ1) is 18.4. The fourth-order valence-corrected chi connectivity index (χ4v) is 6.70. The van der Waals surface area contributed by atoms with E-state index >= 15 is 0 Å². The van der Waals surface area contributed by atoms with E-state index in [2.05, 4.69) is 4.90 Å². The molecule has 11 heteroatoms. The van der Waals surface area contributed by atoms with Gasteiger partial charge in [-0.15, -0.1) is 0 Å². The highest BCUT2D eigenvalue weighted by atomic mass is 16.8. The number of cyclic esters (lactones) is 1. The van der Waals surface area contributed by atoms with Crippen molar-refractivity contribution >= 4 is 5.97 Å². The molecule has 234 valence electrons. The van der Waals surface area contributed by atoms with Crippen molar-refractivity contribution in [1.29, 1.82) is 0 Å². The molecule has 0 bridgehead atoms. The molecule has 40 heavy (non-hydrogen) atoms. The summed E-state index contributed by atoms with van der Waals surface area (Å²) in [6.07, 6.45) is -4.37. The van der Waals surface area contributed by atoms with Gasteiger partial charge in [0.05, 0.1) is 23.7 Å². The van der Waals surface area contributed by atoms with Crippen LogP contribution in [0.3, 0.4) is 0 Å². The molecule has 11 nitrogen and oxygen atoms in total. The minimum atomic E-state index is -1.72. The average molecular weight is 575 g/mol. The highest BCUT2D eigenvalue weighted by Gasteiger charge is 2.55. The third-order valence-corrected chi connectivity index (χ3v) is 9.47. The first-order valence-electron chi connectivity index (χ1n) is 14.8. The van der Waals surface area contributed by atoms with E-state index < -0.39 is 65.8 Å². The van der Waals surface area contributed by atoms with Crippen molar-refractivity contribution < 1.29 is 44.2 Å². The summed E-state index contributed by atoms with van der Waals surface area (Å²) in [7, 11) is 5.76. The van der Waals surface area contributed by atoms with Gasteiger partial charge in [-0.25, -0.2) is 0 Å². The molecule has 3 aliphatic heterocycles. The number of carbonyl (C=O) groups excluding carboxylic acids is 1. The van der Waals surface area contributed by atoms with Gasteiger partial charge in [0.2, 0.25) is 0 Å². The van der Waals surface area contributed by atoms with Crippen LogP contribution in [0.5, 0.6) is 0 Å². The molecule has 2 unspecified atom stereocenters. The standard InChI is InChI=1S/C29H54N2O9/c1-11-20-29(7,36)25(33)18(5)31(10)14-15(2)13-28(6,35)24(32)16(3)22(17(4)26(34)37-20)38-21-12-19(30(8)9)23-27(39-21)40-23/h15-25,27,32-33,35-36H,11-14H2,1-10H3/t15-,16+,17-,18-,19?,20-,21-,22+,23+,24-,25-,27?,28-,29-/m1/s1. The minimum Gasteiger partial charge on any atom is -0.459 e. The Kier molecular flexibility index (Phi) is 10.7. The van der Waals surface area contributed by atoms with E-state index in [0.29, 0.717) is 13.0 Å². The number of aliphatic hydroxyl groups is 4. The van der Waals surface area contributed by atoms with E-state index in [1.165, 1.54) is 6.92 Å². The monoisotopic (exact) mass is 574 g/mol. The number of fused-ring (bicyclic) bond motifs is 1. The molecule has 0 aromatic carbocycles. The van der Waals surface area contributed by atoms with Crippen LogP contribution in [-0.4, -0.2) is 130 Å². The Balaban J connectivity index is 1.96. The Labute approximate surface area is 239 Å². The van der Waals surface area contributed by atoms with Crippen molar-refractivity contribution in [2.24, 2.45) is 17.8 Å². The quantitative estimate of drug-likeness (QED) is 0.281. The van der Waals surface area contributed by atoms with Crippen molar-refractivity contribution in [3.8, 4) is 0 Å². The molecule has 14 atom stereocenters. The lowest BCUT2D eigenvalue weighted by Gasteiger charge is -2.42. The van der Waals surface area contributed by atoms with Crippen LogP contribution in [0.25, 0.3) is 0 Å². The summed E-state index contributed by atoms with van der Waals surface area (Å²) in [5, 5.41) is 45.6. The largest absolute Gasteiger partial charge is 0.459 e. The van der Waals surface area contributed by atoms with Gasteiger partial charge in [-0.1, -0.05) is 20.8 Å². The first kappa shape index (κ1) is 33.6. The lowest BCUT2D eigenvalue weighted by atomic mass is 9.78. The first-order valence-corrected chi connectivity index (χ1v) is 14.8. The second kappa shape index (κ2) is 12.8. The maximum Gasteiger partial charge on any atom is 0.311 e. The van der Waals surface area contributed by atoms with E-state index in [1.54, 1.807) is 34.6 Å². The molecule has 3 saturated heterocycles. The number of ether oxygens (including phenoxy) is 4. The van der Waals surface area contributed by atoms with Crippen LogP contribution in [0.4, 0.5) is 0 Å². The van der Waals surface area contributed by atoms with Crippen LogP contribution in [0, 0.1) is 17.8 Å².